The second-order valence-corrected chi connectivity index (χ2v) is 4.06. The van der Waals surface area contributed by atoms with E-state index >= 15 is 0 Å². The molecule has 19 heavy (non-hydrogen) atoms. The van der Waals surface area contributed by atoms with Crippen LogP contribution in [0.5, 0.6) is 11.5 Å². The molecule has 0 aliphatic heterocycles. The molecule has 100 valence electrons. The summed E-state index contributed by atoms with van der Waals surface area (Å²) in [6.07, 6.45) is 3.50. The standard InChI is InChI=1S/C15H18N2O2/c1-2-18-15-9-13(10-16)3-4-14(15)19-11-12-5-7-17-8-6-12/h3-9H,2,10-11,16H2,1H3. The second-order valence-electron chi connectivity index (χ2n) is 4.06. The molecule has 0 saturated carbocycles. The van der Waals surface area contributed by atoms with E-state index in [9.17, 15) is 0 Å². The number of nitrogens with zero attached hydrogens (tertiary/aromatic N) is 1. The lowest BCUT2D eigenvalue weighted by atomic mass is 10.2. The van der Waals surface area contributed by atoms with Crippen LogP contribution in [0.3, 0.4) is 0 Å². The molecule has 1 aromatic heterocycles. The van der Waals surface area contributed by atoms with E-state index in [1.165, 1.54) is 0 Å². The fraction of sp³-hybridized carbons (Fsp3) is 0.267. The summed E-state index contributed by atoms with van der Waals surface area (Å²) in [5.74, 6) is 1.47. The van der Waals surface area contributed by atoms with Gasteiger partial charge in [0.15, 0.2) is 11.5 Å². The quantitative estimate of drug-likeness (QED) is 0.865. The zero-order valence-corrected chi connectivity index (χ0v) is 11.0. The van der Waals surface area contributed by atoms with Gasteiger partial charge in [-0.25, -0.2) is 0 Å². The maximum Gasteiger partial charge on any atom is 0.161 e. The van der Waals surface area contributed by atoms with Crippen molar-refractivity contribution in [1.82, 2.24) is 4.98 Å². The summed E-state index contributed by atoms with van der Waals surface area (Å²) in [6.45, 7) is 3.52. The van der Waals surface area contributed by atoms with Gasteiger partial charge < -0.3 is 15.2 Å². The van der Waals surface area contributed by atoms with Crippen molar-refractivity contribution in [1.29, 1.82) is 0 Å². The van der Waals surface area contributed by atoms with Crippen LogP contribution in [-0.4, -0.2) is 11.6 Å². The molecule has 0 bridgehead atoms. The zero-order valence-electron chi connectivity index (χ0n) is 11.0. The Balaban J connectivity index is 2.10. The van der Waals surface area contributed by atoms with Crippen molar-refractivity contribution in [2.24, 2.45) is 5.73 Å². The minimum Gasteiger partial charge on any atom is -0.490 e. The van der Waals surface area contributed by atoms with Gasteiger partial charge in [0.05, 0.1) is 6.61 Å². The zero-order chi connectivity index (χ0) is 13.5. The van der Waals surface area contributed by atoms with Crippen molar-refractivity contribution >= 4 is 0 Å². The fourth-order valence-corrected chi connectivity index (χ4v) is 1.71. The highest BCUT2D eigenvalue weighted by molar-refractivity contribution is 5.43. The molecule has 0 radical (unpaired) electrons. The maximum absolute atomic E-state index is 5.78. The number of aromatic nitrogens is 1. The van der Waals surface area contributed by atoms with Crippen molar-refractivity contribution in [2.45, 2.75) is 20.1 Å². The fourth-order valence-electron chi connectivity index (χ4n) is 1.71. The molecule has 1 aromatic carbocycles. The van der Waals surface area contributed by atoms with Crippen LogP contribution in [0, 0.1) is 0 Å². The third kappa shape index (κ3) is 3.69. The van der Waals surface area contributed by atoms with Gasteiger partial charge in [-0.1, -0.05) is 6.07 Å². The van der Waals surface area contributed by atoms with E-state index in [0.717, 1.165) is 22.6 Å². The molecule has 4 heteroatoms. The summed E-state index contributed by atoms with van der Waals surface area (Å²) in [5, 5.41) is 0. The molecule has 0 aliphatic carbocycles. The minimum absolute atomic E-state index is 0.491. The molecule has 2 rings (SSSR count). The molecule has 2 N–H and O–H groups in total. The first-order valence-electron chi connectivity index (χ1n) is 6.31. The van der Waals surface area contributed by atoms with Crippen molar-refractivity contribution < 1.29 is 9.47 Å². The molecule has 0 atom stereocenters. The normalized spacial score (nSPS) is 10.2. The van der Waals surface area contributed by atoms with Crippen molar-refractivity contribution in [2.75, 3.05) is 6.61 Å². The van der Waals surface area contributed by atoms with Gasteiger partial charge in [0.25, 0.3) is 0 Å². The minimum atomic E-state index is 0.491. The van der Waals surface area contributed by atoms with Crippen LogP contribution >= 0.6 is 0 Å². The number of hydrogen-bond acceptors (Lipinski definition) is 4. The first-order valence-corrected chi connectivity index (χ1v) is 6.31. The van der Waals surface area contributed by atoms with Gasteiger partial charge in [0.2, 0.25) is 0 Å². The highest BCUT2D eigenvalue weighted by atomic mass is 16.5. The Kier molecular flexibility index (Phi) is 4.75. The Bertz CT molecular complexity index is 515. The van der Waals surface area contributed by atoms with Gasteiger partial charge in [-0.15, -0.1) is 0 Å². The third-order valence-corrected chi connectivity index (χ3v) is 2.69. The van der Waals surface area contributed by atoms with Crippen LogP contribution in [0.25, 0.3) is 0 Å². The monoisotopic (exact) mass is 258 g/mol. The summed E-state index contributed by atoms with van der Waals surface area (Å²) in [7, 11) is 0. The summed E-state index contributed by atoms with van der Waals surface area (Å²) in [5.41, 5.74) is 7.72. The van der Waals surface area contributed by atoms with Crippen LogP contribution in [0.1, 0.15) is 18.1 Å². The Labute approximate surface area is 113 Å². The van der Waals surface area contributed by atoms with Crippen molar-refractivity contribution in [3.05, 3.63) is 53.9 Å². The van der Waals surface area contributed by atoms with E-state index in [1.54, 1.807) is 12.4 Å². The molecule has 1 heterocycles. The SMILES string of the molecule is CCOc1cc(CN)ccc1OCc1ccncc1. The van der Waals surface area contributed by atoms with Crippen molar-refractivity contribution in [3.63, 3.8) is 0 Å². The number of hydrogen-bond donors (Lipinski definition) is 1. The average molecular weight is 258 g/mol. The molecule has 0 unspecified atom stereocenters. The molecule has 0 aliphatic rings. The first-order chi connectivity index (χ1) is 9.33. The van der Waals surface area contributed by atoms with Crippen LogP contribution < -0.4 is 15.2 Å². The van der Waals surface area contributed by atoms with Gasteiger partial charge in [-0.05, 0) is 42.3 Å². The summed E-state index contributed by atoms with van der Waals surface area (Å²) >= 11 is 0. The van der Waals surface area contributed by atoms with E-state index in [0.29, 0.717) is 19.8 Å². The van der Waals surface area contributed by atoms with E-state index in [4.69, 9.17) is 15.2 Å². The van der Waals surface area contributed by atoms with Crippen LogP contribution in [0.15, 0.2) is 42.7 Å². The lowest BCUT2D eigenvalue weighted by Gasteiger charge is -2.13. The van der Waals surface area contributed by atoms with Gasteiger partial charge >= 0.3 is 0 Å². The van der Waals surface area contributed by atoms with Crippen molar-refractivity contribution in [3.8, 4) is 11.5 Å². The smallest absolute Gasteiger partial charge is 0.161 e. The van der Waals surface area contributed by atoms with E-state index < -0.39 is 0 Å². The van der Waals surface area contributed by atoms with Crippen LogP contribution in [-0.2, 0) is 13.2 Å². The van der Waals surface area contributed by atoms with Gasteiger partial charge in [0.1, 0.15) is 6.61 Å². The summed E-state index contributed by atoms with van der Waals surface area (Å²) in [6, 6.07) is 9.62. The molecule has 0 fully saturated rings. The number of rotatable bonds is 6. The van der Waals surface area contributed by atoms with Gasteiger partial charge in [0, 0.05) is 18.9 Å². The van der Waals surface area contributed by atoms with Crippen LogP contribution in [0.4, 0.5) is 0 Å². The summed E-state index contributed by atoms with van der Waals surface area (Å²) in [4.78, 5) is 3.98. The molecular formula is C15H18N2O2. The van der Waals surface area contributed by atoms with E-state index in [-0.39, 0.29) is 0 Å². The third-order valence-electron chi connectivity index (χ3n) is 2.69. The molecule has 0 amide bonds. The highest BCUT2D eigenvalue weighted by Crippen LogP contribution is 2.29. The Morgan fingerprint density at radius 1 is 1.00 bits per heavy atom. The molecule has 0 saturated heterocycles. The lowest BCUT2D eigenvalue weighted by Crippen LogP contribution is -2.02. The first kappa shape index (κ1) is 13.4. The largest absolute Gasteiger partial charge is 0.490 e. The number of pyridine rings is 1. The predicted molar refractivity (Wildman–Crippen MR) is 74.1 cm³/mol. The Hall–Kier alpha value is -2.07. The molecule has 4 nitrogen and oxygen atoms in total. The number of nitrogens with two attached hydrogens (primary N) is 1. The Morgan fingerprint density at radius 3 is 2.47 bits per heavy atom. The van der Waals surface area contributed by atoms with Gasteiger partial charge in [-0.2, -0.15) is 0 Å². The molecule has 0 spiro atoms. The number of ether oxygens (including phenoxy) is 2. The van der Waals surface area contributed by atoms with Gasteiger partial charge in [-0.3, -0.25) is 4.98 Å². The Morgan fingerprint density at radius 2 is 1.79 bits per heavy atom. The number of benzene rings is 1. The lowest BCUT2D eigenvalue weighted by molar-refractivity contribution is 0.269. The van der Waals surface area contributed by atoms with E-state index in [2.05, 4.69) is 4.98 Å². The van der Waals surface area contributed by atoms with E-state index in [1.807, 2.05) is 37.3 Å². The highest BCUT2D eigenvalue weighted by Gasteiger charge is 2.06. The molecule has 2 aromatic rings. The second kappa shape index (κ2) is 6.75. The van der Waals surface area contributed by atoms with Crippen LogP contribution in [0.2, 0.25) is 0 Å². The maximum atomic E-state index is 5.78. The molecular weight excluding hydrogens is 240 g/mol. The topological polar surface area (TPSA) is 57.4 Å². The summed E-state index contributed by atoms with van der Waals surface area (Å²) < 4.78 is 11.4. The average Bonchev–Trinajstić information content (AvgIpc) is 2.47. The predicted octanol–water partition coefficient (Wildman–Crippen LogP) is 2.52.